The van der Waals surface area contributed by atoms with Gasteiger partial charge in [0.05, 0.1) is 12.2 Å². The monoisotopic (exact) mass is 395 g/mol. The quantitative estimate of drug-likeness (QED) is 0.806. The summed E-state index contributed by atoms with van der Waals surface area (Å²) in [5.41, 5.74) is 2.33. The maximum Gasteiger partial charge on any atom is 0.251 e. The van der Waals surface area contributed by atoms with Gasteiger partial charge in [0.1, 0.15) is 0 Å². The highest BCUT2D eigenvalue weighted by Gasteiger charge is 2.30. The van der Waals surface area contributed by atoms with Gasteiger partial charge in [-0.1, -0.05) is 25.1 Å². The van der Waals surface area contributed by atoms with E-state index in [4.69, 9.17) is 0 Å². The minimum atomic E-state index is -0.0829. The van der Waals surface area contributed by atoms with Crippen molar-refractivity contribution in [2.45, 2.75) is 48.9 Å². The number of carbonyl (C=O) groups is 2. The maximum absolute atomic E-state index is 12.8. The van der Waals surface area contributed by atoms with E-state index in [1.54, 1.807) is 18.2 Å². The van der Waals surface area contributed by atoms with Crippen molar-refractivity contribution in [1.82, 2.24) is 5.32 Å². The summed E-state index contributed by atoms with van der Waals surface area (Å²) in [5, 5.41) is 6.33. The highest BCUT2D eigenvalue weighted by molar-refractivity contribution is 8.00. The zero-order chi connectivity index (χ0) is 19.7. The molecule has 2 aromatic rings. The zero-order valence-corrected chi connectivity index (χ0v) is 17.0. The standard InChI is InChI=1S/C22H25N3O2S/c1-14-15(2)28-20-9-4-3-8-19(20)25(14)13-21(26)23-18-7-5-6-16(12-18)22(27)24-17-10-11-17/h3-9,12,14-15,17H,10-11,13H2,1-2H3,(H,23,26)(H,24,27). The molecule has 28 heavy (non-hydrogen) atoms. The first-order valence-corrected chi connectivity index (χ1v) is 10.6. The van der Waals surface area contributed by atoms with Gasteiger partial charge in [0.25, 0.3) is 5.91 Å². The smallest absolute Gasteiger partial charge is 0.251 e. The summed E-state index contributed by atoms with van der Waals surface area (Å²) in [5.74, 6) is -0.163. The van der Waals surface area contributed by atoms with Gasteiger partial charge < -0.3 is 15.5 Å². The number of thioether (sulfide) groups is 1. The number of nitrogens with one attached hydrogen (secondary N) is 2. The van der Waals surface area contributed by atoms with E-state index in [1.807, 2.05) is 30.0 Å². The lowest BCUT2D eigenvalue weighted by Gasteiger charge is -2.39. The van der Waals surface area contributed by atoms with E-state index in [2.05, 4.69) is 41.5 Å². The molecule has 0 spiro atoms. The fourth-order valence-corrected chi connectivity index (χ4v) is 4.59. The van der Waals surface area contributed by atoms with E-state index in [-0.39, 0.29) is 24.4 Å². The Labute approximate surface area is 169 Å². The maximum atomic E-state index is 12.8. The molecule has 2 N–H and O–H groups in total. The Bertz CT molecular complexity index is 897. The number of para-hydroxylation sites is 1. The average molecular weight is 396 g/mol. The number of rotatable bonds is 5. The fraction of sp³-hybridized carbons (Fsp3) is 0.364. The molecule has 1 fully saturated rings. The van der Waals surface area contributed by atoms with E-state index in [1.165, 1.54) is 4.90 Å². The molecular formula is C22H25N3O2S. The predicted molar refractivity (Wildman–Crippen MR) is 114 cm³/mol. The van der Waals surface area contributed by atoms with Gasteiger partial charge in [-0.05, 0) is 50.1 Å². The van der Waals surface area contributed by atoms with Crippen LogP contribution < -0.4 is 15.5 Å². The lowest BCUT2D eigenvalue weighted by Crippen LogP contribution is -2.46. The molecule has 1 saturated carbocycles. The molecule has 1 heterocycles. The minimum absolute atomic E-state index is 0.0805. The van der Waals surface area contributed by atoms with Crippen LogP contribution in [0.25, 0.3) is 0 Å². The van der Waals surface area contributed by atoms with Crippen LogP contribution in [0.1, 0.15) is 37.0 Å². The van der Waals surface area contributed by atoms with Crippen LogP contribution in [0.3, 0.4) is 0 Å². The normalized spacial score (nSPS) is 21.0. The van der Waals surface area contributed by atoms with Gasteiger partial charge in [-0.25, -0.2) is 0 Å². The lowest BCUT2D eigenvalue weighted by molar-refractivity contribution is -0.115. The summed E-state index contributed by atoms with van der Waals surface area (Å²) in [4.78, 5) is 28.4. The van der Waals surface area contributed by atoms with E-state index < -0.39 is 0 Å². The van der Waals surface area contributed by atoms with Crippen LogP contribution in [0.4, 0.5) is 11.4 Å². The third-order valence-electron chi connectivity index (χ3n) is 5.29. The first kappa shape index (κ1) is 18.9. The molecule has 2 unspecified atom stereocenters. The molecule has 6 heteroatoms. The Morgan fingerprint density at radius 3 is 2.68 bits per heavy atom. The fourth-order valence-electron chi connectivity index (χ4n) is 3.38. The van der Waals surface area contributed by atoms with Crippen LogP contribution in [0.2, 0.25) is 0 Å². The number of hydrogen-bond acceptors (Lipinski definition) is 4. The summed E-state index contributed by atoms with van der Waals surface area (Å²) in [7, 11) is 0. The number of amides is 2. The molecular weight excluding hydrogens is 370 g/mol. The van der Waals surface area contributed by atoms with Gasteiger partial charge in [0.2, 0.25) is 5.91 Å². The summed E-state index contributed by atoms with van der Waals surface area (Å²) < 4.78 is 0. The Morgan fingerprint density at radius 2 is 1.89 bits per heavy atom. The third kappa shape index (κ3) is 4.17. The summed E-state index contributed by atoms with van der Waals surface area (Å²) in [6, 6.07) is 15.9. The topological polar surface area (TPSA) is 61.4 Å². The van der Waals surface area contributed by atoms with E-state index in [0.717, 1.165) is 18.5 Å². The molecule has 0 bridgehead atoms. The highest BCUT2D eigenvalue weighted by atomic mass is 32.2. The van der Waals surface area contributed by atoms with Gasteiger partial charge in [0.15, 0.2) is 0 Å². The lowest BCUT2D eigenvalue weighted by atomic mass is 10.1. The van der Waals surface area contributed by atoms with Crippen molar-refractivity contribution in [2.24, 2.45) is 0 Å². The third-order valence-corrected chi connectivity index (χ3v) is 6.66. The number of carbonyl (C=O) groups excluding carboxylic acids is 2. The highest BCUT2D eigenvalue weighted by Crippen LogP contribution is 2.41. The van der Waals surface area contributed by atoms with Crippen molar-refractivity contribution >= 4 is 35.0 Å². The van der Waals surface area contributed by atoms with Gasteiger partial charge in [-0.2, -0.15) is 0 Å². The van der Waals surface area contributed by atoms with Crippen molar-refractivity contribution < 1.29 is 9.59 Å². The Morgan fingerprint density at radius 1 is 1.11 bits per heavy atom. The van der Waals surface area contributed by atoms with Crippen molar-refractivity contribution in [3.63, 3.8) is 0 Å². The van der Waals surface area contributed by atoms with Crippen molar-refractivity contribution in [3.8, 4) is 0 Å². The molecule has 146 valence electrons. The average Bonchev–Trinajstić information content (AvgIpc) is 3.49. The van der Waals surface area contributed by atoms with Crippen molar-refractivity contribution in [1.29, 1.82) is 0 Å². The Balaban J connectivity index is 1.45. The molecule has 0 radical (unpaired) electrons. The largest absolute Gasteiger partial charge is 0.357 e. The predicted octanol–water partition coefficient (Wildman–Crippen LogP) is 3.91. The first-order valence-electron chi connectivity index (χ1n) is 9.74. The second-order valence-corrected chi connectivity index (χ2v) is 8.96. The van der Waals surface area contributed by atoms with Gasteiger partial charge >= 0.3 is 0 Å². The van der Waals surface area contributed by atoms with Crippen LogP contribution in [0.15, 0.2) is 53.4 Å². The second-order valence-electron chi connectivity index (χ2n) is 7.54. The van der Waals surface area contributed by atoms with E-state index in [9.17, 15) is 9.59 Å². The Kier molecular flexibility index (Phi) is 5.31. The molecule has 1 aliphatic carbocycles. The molecule has 2 aliphatic rings. The SMILES string of the molecule is CC1Sc2ccccc2N(CC(=O)Nc2cccc(C(=O)NC3CC3)c2)C1C. The minimum Gasteiger partial charge on any atom is -0.357 e. The van der Waals surface area contributed by atoms with Crippen LogP contribution in [0.5, 0.6) is 0 Å². The number of hydrogen-bond donors (Lipinski definition) is 2. The Hall–Kier alpha value is -2.47. The molecule has 0 aromatic heterocycles. The van der Waals surface area contributed by atoms with E-state index in [0.29, 0.717) is 22.5 Å². The molecule has 1 aliphatic heterocycles. The number of fused-ring (bicyclic) bond motifs is 1. The van der Waals surface area contributed by atoms with Crippen molar-refractivity contribution in [2.75, 3.05) is 16.8 Å². The van der Waals surface area contributed by atoms with Crippen molar-refractivity contribution in [3.05, 3.63) is 54.1 Å². The van der Waals surface area contributed by atoms with Crippen LogP contribution in [0, 0.1) is 0 Å². The van der Waals surface area contributed by atoms with Gasteiger partial charge in [-0.15, -0.1) is 11.8 Å². The molecule has 2 amide bonds. The molecule has 0 saturated heterocycles. The molecule has 4 rings (SSSR count). The number of nitrogens with zero attached hydrogens (tertiary/aromatic N) is 1. The van der Waals surface area contributed by atoms with Gasteiger partial charge in [-0.3, -0.25) is 9.59 Å². The molecule has 2 aromatic carbocycles. The second kappa shape index (κ2) is 7.87. The van der Waals surface area contributed by atoms with Crippen LogP contribution in [-0.2, 0) is 4.79 Å². The first-order chi connectivity index (χ1) is 13.5. The summed E-state index contributed by atoms with van der Waals surface area (Å²) >= 11 is 1.85. The summed E-state index contributed by atoms with van der Waals surface area (Å²) in [6.45, 7) is 4.63. The summed E-state index contributed by atoms with van der Waals surface area (Å²) in [6.07, 6.45) is 2.10. The molecule has 5 nitrogen and oxygen atoms in total. The number of benzene rings is 2. The zero-order valence-electron chi connectivity index (χ0n) is 16.1. The van der Waals surface area contributed by atoms with E-state index >= 15 is 0 Å². The van der Waals surface area contributed by atoms with Crippen LogP contribution >= 0.6 is 11.8 Å². The van der Waals surface area contributed by atoms with Crippen LogP contribution in [-0.4, -0.2) is 35.7 Å². The van der Waals surface area contributed by atoms with Gasteiger partial charge in [0, 0.05) is 33.5 Å². The number of anilines is 2. The molecule has 2 atom stereocenters.